The molecule has 8 nitrogen and oxygen atoms in total. The standard InChI is InChI=1S/C12H17N5OS.C2HF3O2/c1-8-12-6-18-11(5-17(12)16-15-8)4-13-3-10-7-19-9(2)14-10;3-2(4,5)1(6)7/h7,11,13H,3-6H2,1-2H3;(H,6,7). The lowest BCUT2D eigenvalue weighted by Gasteiger charge is -2.24. The van der Waals surface area contributed by atoms with E-state index in [9.17, 15) is 13.2 Å². The first-order chi connectivity index (χ1) is 12.2. The van der Waals surface area contributed by atoms with Crippen molar-refractivity contribution in [3.05, 3.63) is 27.5 Å². The SMILES string of the molecule is Cc1nc(CNCC2Cn3nnc(C)c3CO2)cs1.O=C(O)C(F)(F)F. The van der Waals surface area contributed by atoms with Gasteiger partial charge in [-0.15, -0.1) is 16.4 Å². The van der Waals surface area contributed by atoms with Crippen LogP contribution in [0, 0.1) is 13.8 Å². The minimum atomic E-state index is -5.08. The normalized spacial score (nSPS) is 16.6. The number of aromatic nitrogens is 4. The highest BCUT2D eigenvalue weighted by Crippen LogP contribution is 2.15. The van der Waals surface area contributed by atoms with Gasteiger partial charge in [0.1, 0.15) is 0 Å². The number of halogens is 3. The van der Waals surface area contributed by atoms with Gasteiger partial charge < -0.3 is 15.2 Å². The van der Waals surface area contributed by atoms with Crippen molar-refractivity contribution in [3.8, 4) is 0 Å². The summed E-state index contributed by atoms with van der Waals surface area (Å²) >= 11 is 1.68. The van der Waals surface area contributed by atoms with Gasteiger partial charge in [-0.05, 0) is 13.8 Å². The Morgan fingerprint density at radius 3 is 2.77 bits per heavy atom. The molecule has 2 aromatic rings. The Labute approximate surface area is 151 Å². The first-order valence-electron chi connectivity index (χ1n) is 7.59. The van der Waals surface area contributed by atoms with Gasteiger partial charge in [0.05, 0.1) is 41.3 Å². The van der Waals surface area contributed by atoms with E-state index in [1.54, 1.807) is 11.3 Å². The number of fused-ring (bicyclic) bond motifs is 1. The fraction of sp³-hybridized carbons (Fsp3) is 0.571. The highest BCUT2D eigenvalue weighted by Gasteiger charge is 2.38. The van der Waals surface area contributed by atoms with E-state index in [4.69, 9.17) is 14.6 Å². The van der Waals surface area contributed by atoms with Crippen LogP contribution in [0.5, 0.6) is 0 Å². The molecule has 1 aliphatic rings. The molecule has 0 saturated heterocycles. The third kappa shape index (κ3) is 5.75. The van der Waals surface area contributed by atoms with Gasteiger partial charge in [-0.25, -0.2) is 14.5 Å². The van der Waals surface area contributed by atoms with Crippen LogP contribution < -0.4 is 5.32 Å². The van der Waals surface area contributed by atoms with Gasteiger partial charge in [-0.2, -0.15) is 13.2 Å². The van der Waals surface area contributed by atoms with Crippen LogP contribution in [-0.4, -0.2) is 49.9 Å². The van der Waals surface area contributed by atoms with Crippen molar-refractivity contribution < 1.29 is 27.8 Å². The molecule has 1 aliphatic heterocycles. The molecular formula is C14H18F3N5O3S. The van der Waals surface area contributed by atoms with Crippen LogP contribution in [0.3, 0.4) is 0 Å². The predicted molar refractivity (Wildman–Crippen MR) is 85.6 cm³/mol. The van der Waals surface area contributed by atoms with E-state index in [0.717, 1.165) is 41.7 Å². The Balaban J connectivity index is 0.000000298. The molecule has 0 spiro atoms. The molecule has 0 saturated carbocycles. The molecular weight excluding hydrogens is 375 g/mol. The maximum absolute atomic E-state index is 10.6. The number of carboxylic acid groups (broad SMARTS) is 1. The van der Waals surface area contributed by atoms with Crippen molar-refractivity contribution in [2.75, 3.05) is 6.54 Å². The molecule has 1 unspecified atom stereocenters. The van der Waals surface area contributed by atoms with E-state index >= 15 is 0 Å². The lowest BCUT2D eigenvalue weighted by Crippen LogP contribution is -2.36. The van der Waals surface area contributed by atoms with Crippen LogP contribution in [0.4, 0.5) is 13.2 Å². The maximum atomic E-state index is 10.6. The van der Waals surface area contributed by atoms with Crippen LogP contribution in [0.2, 0.25) is 0 Å². The second-order valence-electron chi connectivity index (χ2n) is 5.53. The second kappa shape index (κ2) is 8.56. The third-order valence-corrected chi connectivity index (χ3v) is 4.27. The number of nitrogens with zero attached hydrogens (tertiary/aromatic N) is 4. The van der Waals surface area contributed by atoms with Crippen LogP contribution in [0.15, 0.2) is 5.38 Å². The molecule has 0 fully saturated rings. The van der Waals surface area contributed by atoms with Crippen molar-refractivity contribution in [1.29, 1.82) is 0 Å². The van der Waals surface area contributed by atoms with E-state index in [1.807, 2.05) is 18.5 Å². The molecule has 0 amide bonds. The molecule has 144 valence electrons. The number of aliphatic carboxylic acids is 1. The zero-order valence-electron chi connectivity index (χ0n) is 14.1. The molecule has 1 atom stereocenters. The molecule has 12 heteroatoms. The first kappa shape index (κ1) is 20.3. The fourth-order valence-corrected chi connectivity index (χ4v) is 2.77. The minimum Gasteiger partial charge on any atom is -0.475 e. The van der Waals surface area contributed by atoms with Crippen LogP contribution in [0.1, 0.15) is 22.1 Å². The van der Waals surface area contributed by atoms with Gasteiger partial charge in [0.25, 0.3) is 0 Å². The summed E-state index contributed by atoms with van der Waals surface area (Å²) < 4.78 is 39.5. The highest BCUT2D eigenvalue weighted by molar-refractivity contribution is 7.09. The molecule has 26 heavy (non-hydrogen) atoms. The van der Waals surface area contributed by atoms with Gasteiger partial charge in [0, 0.05) is 18.5 Å². The number of thiazole rings is 1. The van der Waals surface area contributed by atoms with Crippen LogP contribution in [0.25, 0.3) is 0 Å². The maximum Gasteiger partial charge on any atom is 0.490 e. The van der Waals surface area contributed by atoms with Crippen molar-refractivity contribution in [2.45, 2.75) is 45.8 Å². The second-order valence-corrected chi connectivity index (χ2v) is 6.59. The van der Waals surface area contributed by atoms with E-state index in [0.29, 0.717) is 6.61 Å². The highest BCUT2D eigenvalue weighted by atomic mass is 32.1. The Hall–Kier alpha value is -2.05. The van der Waals surface area contributed by atoms with Gasteiger partial charge >= 0.3 is 12.1 Å². The lowest BCUT2D eigenvalue weighted by molar-refractivity contribution is -0.192. The Morgan fingerprint density at radius 1 is 1.50 bits per heavy atom. The number of aryl methyl sites for hydroxylation is 2. The number of rotatable bonds is 4. The van der Waals surface area contributed by atoms with Crippen molar-refractivity contribution >= 4 is 17.3 Å². The molecule has 2 N–H and O–H groups in total. The Bertz CT molecular complexity index is 747. The molecule has 3 rings (SSSR count). The van der Waals surface area contributed by atoms with Crippen molar-refractivity contribution in [1.82, 2.24) is 25.3 Å². The minimum absolute atomic E-state index is 0.147. The first-order valence-corrected chi connectivity index (χ1v) is 8.47. The zero-order chi connectivity index (χ0) is 19.3. The summed E-state index contributed by atoms with van der Waals surface area (Å²) in [5.41, 5.74) is 3.14. The van der Waals surface area contributed by atoms with E-state index < -0.39 is 12.1 Å². The van der Waals surface area contributed by atoms with Crippen LogP contribution >= 0.6 is 11.3 Å². The smallest absolute Gasteiger partial charge is 0.475 e. The zero-order valence-corrected chi connectivity index (χ0v) is 14.9. The van der Waals surface area contributed by atoms with Gasteiger partial charge in [-0.3, -0.25) is 0 Å². The molecule has 0 aromatic carbocycles. The molecule has 0 bridgehead atoms. The number of ether oxygens (including phenoxy) is 1. The van der Waals surface area contributed by atoms with E-state index in [-0.39, 0.29) is 6.10 Å². The van der Waals surface area contributed by atoms with Gasteiger partial charge in [0.2, 0.25) is 0 Å². The van der Waals surface area contributed by atoms with Gasteiger partial charge in [-0.1, -0.05) is 5.21 Å². The summed E-state index contributed by atoms with van der Waals surface area (Å²) in [5.74, 6) is -2.76. The summed E-state index contributed by atoms with van der Waals surface area (Å²) in [7, 11) is 0. The number of carboxylic acids is 1. The summed E-state index contributed by atoms with van der Waals surface area (Å²) in [5, 5.41) is 21.9. The third-order valence-electron chi connectivity index (χ3n) is 3.45. The number of alkyl halides is 3. The van der Waals surface area contributed by atoms with Crippen molar-refractivity contribution in [2.24, 2.45) is 0 Å². The Morgan fingerprint density at radius 2 is 2.19 bits per heavy atom. The topological polar surface area (TPSA) is 102 Å². The van der Waals surface area contributed by atoms with Crippen LogP contribution in [-0.2, 0) is 29.2 Å². The summed E-state index contributed by atoms with van der Waals surface area (Å²) in [4.78, 5) is 13.3. The molecule has 0 radical (unpaired) electrons. The molecule has 3 heterocycles. The number of hydrogen-bond donors (Lipinski definition) is 2. The van der Waals surface area contributed by atoms with Crippen molar-refractivity contribution in [3.63, 3.8) is 0 Å². The predicted octanol–water partition coefficient (Wildman–Crippen LogP) is 1.67. The monoisotopic (exact) mass is 393 g/mol. The van der Waals surface area contributed by atoms with E-state index in [2.05, 4.69) is 26.0 Å². The summed E-state index contributed by atoms with van der Waals surface area (Å²) in [6.07, 6.45) is -4.94. The fourth-order valence-electron chi connectivity index (χ4n) is 2.16. The number of hydrogen-bond acceptors (Lipinski definition) is 7. The summed E-state index contributed by atoms with van der Waals surface area (Å²) in [6, 6.07) is 0. The number of nitrogens with one attached hydrogen (secondary N) is 1. The average Bonchev–Trinajstić information content (AvgIpc) is 3.13. The molecule has 0 aliphatic carbocycles. The summed E-state index contributed by atoms with van der Waals surface area (Å²) in [6.45, 7) is 6.93. The largest absolute Gasteiger partial charge is 0.490 e. The van der Waals surface area contributed by atoms with Gasteiger partial charge in [0.15, 0.2) is 0 Å². The quantitative estimate of drug-likeness (QED) is 0.815. The lowest BCUT2D eigenvalue weighted by atomic mass is 10.2. The van der Waals surface area contributed by atoms with E-state index in [1.165, 1.54) is 0 Å². The molecule has 2 aromatic heterocycles. The Kier molecular flexibility index (Phi) is 6.67. The number of carbonyl (C=O) groups is 1. The average molecular weight is 393 g/mol.